The number of amides is 1. The van der Waals surface area contributed by atoms with Crippen molar-refractivity contribution in [2.45, 2.75) is 63.7 Å². The molecule has 3 rings (SSSR count). The van der Waals surface area contributed by atoms with E-state index < -0.39 is 17.3 Å². The number of aromatic nitrogens is 1. The van der Waals surface area contributed by atoms with Gasteiger partial charge in [0, 0.05) is 44.2 Å². The molecule has 3 heterocycles. The fourth-order valence-corrected chi connectivity index (χ4v) is 3.74. The number of aliphatic hydroxyl groups is 1. The van der Waals surface area contributed by atoms with E-state index in [9.17, 15) is 9.90 Å². The average Bonchev–Trinajstić information content (AvgIpc) is 2.66. The average molecular weight is 436 g/mol. The number of pyridine rings is 1. The zero-order valence-corrected chi connectivity index (χ0v) is 18.6. The molecule has 7 nitrogen and oxygen atoms in total. The number of rotatable bonds is 2. The first-order valence-electron chi connectivity index (χ1n) is 10.4. The normalized spacial score (nSPS) is 21.4. The van der Waals surface area contributed by atoms with Crippen molar-refractivity contribution in [1.82, 2.24) is 10.3 Å². The molecule has 0 saturated carbocycles. The van der Waals surface area contributed by atoms with Gasteiger partial charge < -0.3 is 24.8 Å². The summed E-state index contributed by atoms with van der Waals surface area (Å²) in [6, 6.07) is 1.75. The standard InChI is InChI=1S/C22H30ClN3O4/c1-21(2,3)30-20(27)25-17-5-4-10-26(15-17)18-13-19(23)24-14-16(18)6-7-22(28)8-11-29-12-9-22/h13-14,17,28H,4-5,8-12,15H2,1-3H3,(H,25,27)/t17-/m0/s1. The summed E-state index contributed by atoms with van der Waals surface area (Å²) in [6.07, 6.45) is 3.98. The third kappa shape index (κ3) is 6.49. The number of hydrogen-bond acceptors (Lipinski definition) is 6. The van der Waals surface area contributed by atoms with Gasteiger partial charge in [-0.15, -0.1) is 0 Å². The molecule has 2 aliphatic rings. The molecule has 0 bridgehead atoms. The molecule has 1 atom stereocenters. The van der Waals surface area contributed by atoms with E-state index in [2.05, 4.69) is 27.0 Å². The smallest absolute Gasteiger partial charge is 0.407 e. The molecular formula is C22H30ClN3O4. The van der Waals surface area contributed by atoms with Crippen molar-refractivity contribution in [3.63, 3.8) is 0 Å². The molecule has 2 aliphatic heterocycles. The molecule has 164 valence electrons. The van der Waals surface area contributed by atoms with Crippen LogP contribution in [0.5, 0.6) is 0 Å². The molecule has 1 amide bonds. The molecule has 0 spiro atoms. The van der Waals surface area contributed by atoms with E-state index in [1.165, 1.54) is 0 Å². The van der Waals surface area contributed by atoms with Crippen LogP contribution in [0.15, 0.2) is 12.3 Å². The summed E-state index contributed by atoms with van der Waals surface area (Å²) in [7, 11) is 0. The number of hydrogen-bond donors (Lipinski definition) is 2. The van der Waals surface area contributed by atoms with Gasteiger partial charge in [-0.1, -0.05) is 23.4 Å². The molecule has 8 heteroatoms. The van der Waals surface area contributed by atoms with E-state index in [1.54, 1.807) is 12.3 Å². The molecule has 0 radical (unpaired) electrons. The Kier molecular flexibility index (Phi) is 7.12. The minimum absolute atomic E-state index is 0.0407. The third-order valence-electron chi connectivity index (χ3n) is 5.08. The number of carbonyl (C=O) groups excluding carboxylic acids is 1. The van der Waals surface area contributed by atoms with Gasteiger partial charge in [0.2, 0.25) is 0 Å². The summed E-state index contributed by atoms with van der Waals surface area (Å²) < 4.78 is 10.7. The fraction of sp³-hybridized carbons (Fsp3) is 0.636. The predicted molar refractivity (Wildman–Crippen MR) is 116 cm³/mol. The summed E-state index contributed by atoms with van der Waals surface area (Å²) >= 11 is 6.16. The van der Waals surface area contributed by atoms with Gasteiger partial charge in [0.05, 0.1) is 24.5 Å². The van der Waals surface area contributed by atoms with Gasteiger partial charge in [0.1, 0.15) is 16.4 Å². The lowest BCUT2D eigenvalue weighted by Crippen LogP contribution is -2.49. The van der Waals surface area contributed by atoms with E-state index >= 15 is 0 Å². The minimum Gasteiger partial charge on any atom is -0.444 e. The van der Waals surface area contributed by atoms with Crippen LogP contribution in [0.4, 0.5) is 10.5 Å². The second-order valence-electron chi connectivity index (χ2n) is 8.85. The summed E-state index contributed by atoms with van der Waals surface area (Å²) in [5, 5.41) is 14.0. The Morgan fingerprint density at radius 2 is 2.17 bits per heavy atom. The van der Waals surface area contributed by atoms with Crippen LogP contribution in [0.25, 0.3) is 0 Å². The highest BCUT2D eigenvalue weighted by Crippen LogP contribution is 2.27. The molecule has 2 N–H and O–H groups in total. The Bertz CT molecular complexity index is 822. The highest BCUT2D eigenvalue weighted by Gasteiger charge is 2.28. The van der Waals surface area contributed by atoms with E-state index in [1.807, 2.05) is 20.8 Å². The second-order valence-corrected chi connectivity index (χ2v) is 9.24. The quantitative estimate of drug-likeness (QED) is 0.548. The van der Waals surface area contributed by atoms with Crippen LogP contribution < -0.4 is 10.2 Å². The van der Waals surface area contributed by atoms with Gasteiger partial charge in [0.25, 0.3) is 0 Å². The molecule has 1 aromatic rings. The molecule has 2 saturated heterocycles. The number of halogens is 1. The summed E-state index contributed by atoms with van der Waals surface area (Å²) in [6.45, 7) is 7.97. The van der Waals surface area contributed by atoms with Crippen LogP contribution in [-0.4, -0.2) is 59.7 Å². The van der Waals surface area contributed by atoms with Crippen molar-refractivity contribution in [3.8, 4) is 11.8 Å². The lowest BCUT2D eigenvalue weighted by molar-refractivity contribution is -0.0262. The van der Waals surface area contributed by atoms with Crippen LogP contribution in [0, 0.1) is 11.8 Å². The van der Waals surface area contributed by atoms with Gasteiger partial charge in [0.15, 0.2) is 0 Å². The van der Waals surface area contributed by atoms with Crippen molar-refractivity contribution >= 4 is 23.4 Å². The lowest BCUT2D eigenvalue weighted by Gasteiger charge is -2.35. The second kappa shape index (κ2) is 9.42. The largest absolute Gasteiger partial charge is 0.444 e. The van der Waals surface area contributed by atoms with Gasteiger partial charge in [-0.25, -0.2) is 9.78 Å². The number of nitrogens with zero attached hydrogens (tertiary/aromatic N) is 2. The molecule has 30 heavy (non-hydrogen) atoms. The summed E-state index contributed by atoms with van der Waals surface area (Å²) in [4.78, 5) is 18.5. The highest BCUT2D eigenvalue weighted by atomic mass is 35.5. The van der Waals surface area contributed by atoms with Crippen LogP contribution in [0.3, 0.4) is 0 Å². The molecule has 0 unspecified atom stereocenters. The maximum absolute atomic E-state index is 12.2. The topological polar surface area (TPSA) is 83.9 Å². The van der Waals surface area contributed by atoms with E-state index in [0.29, 0.717) is 43.3 Å². The van der Waals surface area contributed by atoms with Crippen molar-refractivity contribution < 1.29 is 19.4 Å². The Hall–Kier alpha value is -2.01. The molecule has 0 aromatic carbocycles. The third-order valence-corrected chi connectivity index (χ3v) is 5.29. The maximum Gasteiger partial charge on any atom is 0.407 e. The number of piperidine rings is 1. The molecule has 2 fully saturated rings. The van der Waals surface area contributed by atoms with Crippen molar-refractivity contribution in [1.29, 1.82) is 0 Å². The Morgan fingerprint density at radius 3 is 2.87 bits per heavy atom. The van der Waals surface area contributed by atoms with Crippen molar-refractivity contribution in [3.05, 3.63) is 23.0 Å². The Balaban J connectivity index is 1.75. The van der Waals surface area contributed by atoms with E-state index in [-0.39, 0.29) is 6.04 Å². The van der Waals surface area contributed by atoms with E-state index in [0.717, 1.165) is 25.1 Å². The van der Waals surface area contributed by atoms with E-state index in [4.69, 9.17) is 21.1 Å². The SMILES string of the molecule is CC(C)(C)OC(=O)N[C@H]1CCCN(c2cc(Cl)ncc2C#CC2(O)CCOCC2)C1. The number of carbonyl (C=O) groups is 1. The molecule has 0 aliphatic carbocycles. The number of nitrogens with one attached hydrogen (secondary N) is 1. The van der Waals surface area contributed by atoms with Crippen molar-refractivity contribution in [2.75, 3.05) is 31.2 Å². The maximum atomic E-state index is 12.2. The minimum atomic E-state index is -1.04. The molecular weight excluding hydrogens is 406 g/mol. The lowest BCUT2D eigenvalue weighted by atomic mass is 9.95. The van der Waals surface area contributed by atoms with Gasteiger partial charge >= 0.3 is 6.09 Å². The van der Waals surface area contributed by atoms with Crippen LogP contribution >= 0.6 is 11.6 Å². The number of anilines is 1. The van der Waals surface area contributed by atoms with Gasteiger partial charge in [-0.3, -0.25) is 0 Å². The first kappa shape index (κ1) is 22.7. The van der Waals surface area contributed by atoms with Crippen LogP contribution in [-0.2, 0) is 9.47 Å². The summed E-state index contributed by atoms with van der Waals surface area (Å²) in [5.41, 5.74) is -0.0201. The fourth-order valence-electron chi connectivity index (χ4n) is 3.58. The van der Waals surface area contributed by atoms with Crippen LogP contribution in [0.1, 0.15) is 52.0 Å². The Labute approximate surface area is 183 Å². The molecule has 1 aromatic heterocycles. The van der Waals surface area contributed by atoms with Gasteiger partial charge in [-0.05, 0) is 33.6 Å². The number of alkyl carbamates (subject to hydrolysis) is 1. The van der Waals surface area contributed by atoms with Crippen LogP contribution in [0.2, 0.25) is 5.15 Å². The Morgan fingerprint density at radius 1 is 1.43 bits per heavy atom. The predicted octanol–water partition coefficient (Wildman–Crippen LogP) is 3.12. The zero-order chi connectivity index (χ0) is 21.8. The monoisotopic (exact) mass is 435 g/mol. The zero-order valence-electron chi connectivity index (χ0n) is 17.8. The first-order chi connectivity index (χ1) is 14.1. The summed E-state index contributed by atoms with van der Waals surface area (Å²) in [5.74, 6) is 6.11. The first-order valence-corrected chi connectivity index (χ1v) is 10.7. The number of ether oxygens (including phenoxy) is 2. The highest BCUT2D eigenvalue weighted by molar-refractivity contribution is 6.29. The van der Waals surface area contributed by atoms with Crippen molar-refractivity contribution in [2.24, 2.45) is 0 Å². The van der Waals surface area contributed by atoms with Gasteiger partial charge in [-0.2, -0.15) is 0 Å².